The molecule has 1 saturated carbocycles. The molecule has 1 aliphatic carbocycles. The van der Waals surface area contributed by atoms with Crippen molar-refractivity contribution in [1.29, 1.82) is 0 Å². The van der Waals surface area contributed by atoms with Crippen LogP contribution in [0.1, 0.15) is 45.1 Å². The van der Waals surface area contributed by atoms with Crippen molar-refractivity contribution in [3.8, 4) is 0 Å². The molecule has 4 heteroatoms. The molecule has 0 spiro atoms. The third-order valence-corrected chi connectivity index (χ3v) is 4.27. The predicted octanol–water partition coefficient (Wildman–Crippen LogP) is 3.20. The Balaban J connectivity index is 1.72. The van der Waals surface area contributed by atoms with E-state index in [0.717, 1.165) is 12.8 Å². The molecular weight excluding hydrogens is 316 g/mol. The van der Waals surface area contributed by atoms with Crippen molar-refractivity contribution in [3.63, 3.8) is 0 Å². The number of hydrogen-bond acceptors (Lipinski definition) is 2. The lowest BCUT2D eigenvalue weighted by Crippen LogP contribution is -2.49. The topological polar surface area (TPSA) is 41.1 Å². The molecule has 0 radical (unpaired) electrons. The number of nitrogens with one attached hydrogen (secondary N) is 2. The molecule has 0 aliphatic heterocycles. The zero-order valence-corrected chi connectivity index (χ0v) is 14.0. The van der Waals surface area contributed by atoms with E-state index in [1.54, 1.807) is 0 Å². The van der Waals surface area contributed by atoms with E-state index in [0.29, 0.717) is 18.5 Å². The van der Waals surface area contributed by atoms with E-state index in [1.165, 1.54) is 10.0 Å². The zero-order chi connectivity index (χ0) is 14.8. The summed E-state index contributed by atoms with van der Waals surface area (Å²) in [7, 11) is 0. The largest absolute Gasteiger partial charge is 0.350 e. The van der Waals surface area contributed by atoms with Crippen LogP contribution in [-0.4, -0.2) is 24.0 Å². The first-order valence-electron chi connectivity index (χ1n) is 7.14. The van der Waals surface area contributed by atoms with E-state index in [-0.39, 0.29) is 11.4 Å². The fraction of sp³-hybridized carbons (Fsp3) is 0.562. The Morgan fingerprint density at radius 3 is 2.55 bits per heavy atom. The molecule has 0 saturated heterocycles. The van der Waals surface area contributed by atoms with Crippen molar-refractivity contribution in [2.24, 2.45) is 0 Å². The lowest BCUT2D eigenvalue weighted by Gasteiger charge is -2.37. The molecule has 20 heavy (non-hydrogen) atoms. The number of carbonyl (C=O) groups is 1. The van der Waals surface area contributed by atoms with Crippen molar-refractivity contribution >= 4 is 21.8 Å². The van der Waals surface area contributed by atoms with Gasteiger partial charge in [-0.2, -0.15) is 0 Å². The smallest absolute Gasteiger partial charge is 0.234 e. The highest BCUT2D eigenvalue weighted by Gasteiger charge is 2.31. The van der Waals surface area contributed by atoms with Crippen LogP contribution in [0.2, 0.25) is 0 Å². The number of rotatable bonds is 4. The second kappa shape index (κ2) is 6.27. The van der Waals surface area contributed by atoms with Crippen LogP contribution in [0.15, 0.2) is 28.7 Å². The normalized spacial score (nSPS) is 22.2. The molecule has 0 aromatic heterocycles. The average molecular weight is 339 g/mol. The quantitative estimate of drug-likeness (QED) is 0.885. The van der Waals surface area contributed by atoms with Crippen LogP contribution in [-0.2, 0) is 4.79 Å². The molecule has 2 rings (SSSR count). The molecule has 1 aromatic rings. The average Bonchev–Trinajstić information content (AvgIpc) is 2.26. The molecular formula is C16H23BrN2O. The van der Waals surface area contributed by atoms with Crippen LogP contribution in [0.4, 0.5) is 0 Å². The van der Waals surface area contributed by atoms with E-state index in [4.69, 9.17) is 0 Å². The van der Waals surface area contributed by atoms with Gasteiger partial charge in [0.05, 0.1) is 6.54 Å². The molecule has 0 bridgehead atoms. The molecule has 1 aliphatic rings. The van der Waals surface area contributed by atoms with Gasteiger partial charge < -0.3 is 10.6 Å². The molecule has 0 unspecified atom stereocenters. The summed E-state index contributed by atoms with van der Waals surface area (Å²) in [5.41, 5.74) is 1.22. The van der Waals surface area contributed by atoms with Crippen LogP contribution < -0.4 is 10.6 Å². The monoisotopic (exact) mass is 338 g/mol. The maximum Gasteiger partial charge on any atom is 0.234 e. The molecule has 0 heterocycles. The minimum Gasteiger partial charge on any atom is -0.350 e. The van der Waals surface area contributed by atoms with Crippen LogP contribution in [0, 0.1) is 0 Å². The standard InChI is InChI=1S/C16H23BrN2O/c1-16(2,3)19-15(20)10-18-12-8-11(9-12)13-6-4-5-7-14(13)17/h4-7,11-12,18H,8-10H2,1-3H3,(H,19,20). The summed E-state index contributed by atoms with van der Waals surface area (Å²) in [6.07, 6.45) is 2.21. The first kappa shape index (κ1) is 15.5. The highest BCUT2D eigenvalue weighted by atomic mass is 79.9. The summed E-state index contributed by atoms with van der Waals surface area (Å²) in [6.45, 7) is 6.40. The second-order valence-corrected chi connectivity index (χ2v) is 7.42. The van der Waals surface area contributed by atoms with E-state index >= 15 is 0 Å². The number of carbonyl (C=O) groups excluding carboxylic acids is 1. The van der Waals surface area contributed by atoms with Crippen molar-refractivity contribution in [2.45, 2.75) is 51.1 Å². The molecule has 110 valence electrons. The highest BCUT2D eigenvalue weighted by Crippen LogP contribution is 2.39. The van der Waals surface area contributed by atoms with E-state index in [1.807, 2.05) is 26.8 Å². The van der Waals surface area contributed by atoms with Crippen molar-refractivity contribution < 1.29 is 4.79 Å². The van der Waals surface area contributed by atoms with E-state index in [9.17, 15) is 4.79 Å². The van der Waals surface area contributed by atoms with Gasteiger partial charge >= 0.3 is 0 Å². The molecule has 1 fully saturated rings. The molecule has 3 nitrogen and oxygen atoms in total. The summed E-state index contributed by atoms with van der Waals surface area (Å²) in [4.78, 5) is 11.7. The first-order chi connectivity index (χ1) is 9.35. The summed E-state index contributed by atoms with van der Waals surface area (Å²) in [6, 6.07) is 8.85. The van der Waals surface area contributed by atoms with Gasteiger partial charge in [0, 0.05) is 16.1 Å². The van der Waals surface area contributed by atoms with Gasteiger partial charge in [0.1, 0.15) is 0 Å². The summed E-state index contributed by atoms with van der Waals surface area (Å²) in [5, 5.41) is 6.30. The number of hydrogen-bond donors (Lipinski definition) is 2. The minimum atomic E-state index is -0.157. The fourth-order valence-electron chi connectivity index (χ4n) is 2.54. The number of benzene rings is 1. The summed E-state index contributed by atoms with van der Waals surface area (Å²) < 4.78 is 1.19. The third-order valence-electron chi connectivity index (χ3n) is 3.55. The van der Waals surface area contributed by atoms with Gasteiger partial charge in [-0.25, -0.2) is 0 Å². The molecule has 0 atom stereocenters. The first-order valence-corrected chi connectivity index (χ1v) is 7.93. The molecule has 2 N–H and O–H groups in total. The van der Waals surface area contributed by atoms with Gasteiger partial charge in [-0.05, 0) is 51.2 Å². The van der Waals surface area contributed by atoms with Gasteiger partial charge in [-0.1, -0.05) is 34.1 Å². The Kier molecular flexibility index (Phi) is 4.86. The second-order valence-electron chi connectivity index (χ2n) is 6.57. The Hall–Kier alpha value is -0.870. The maximum absolute atomic E-state index is 11.7. The Morgan fingerprint density at radius 1 is 1.30 bits per heavy atom. The van der Waals surface area contributed by atoms with E-state index in [2.05, 4.69) is 44.8 Å². The van der Waals surface area contributed by atoms with Crippen molar-refractivity contribution in [1.82, 2.24) is 10.6 Å². The van der Waals surface area contributed by atoms with Crippen LogP contribution in [0.3, 0.4) is 0 Å². The van der Waals surface area contributed by atoms with Gasteiger partial charge in [-0.3, -0.25) is 4.79 Å². The van der Waals surface area contributed by atoms with Crippen molar-refractivity contribution in [2.75, 3.05) is 6.54 Å². The van der Waals surface area contributed by atoms with Gasteiger partial charge in [0.2, 0.25) is 5.91 Å². The molecule has 1 amide bonds. The van der Waals surface area contributed by atoms with Crippen LogP contribution >= 0.6 is 15.9 Å². The third kappa shape index (κ3) is 4.32. The Morgan fingerprint density at radius 2 is 1.95 bits per heavy atom. The lowest BCUT2D eigenvalue weighted by molar-refractivity contribution is -0.121. The Bertz CT molecular complexity index is 476. The SMILES string of the molecule is CC(C)(C)NC(=O)CNC1CC(c2ccccc2Br)C1. The van der Waals surface area contributed by atoms with Gasteiger partial charge in [-0.15, -0.1) is 0 Å². The minimum absolute atomic E-state index is 0.0711. The number of halogens is 1. The van der Waals surface area contributed by atoms with Crippen molar-refractivity contribution in [3.05, 3.63) is 34.3 Å². The predicted molar refractivity (Wildman–Crippen MR) is 85.8 cm³/mol. The summed E-state index contributed by atoms with van der Waals surface area (Å²) >= 11 is 3.60. The van der Waals surface area contributed by atoms with Gasteiger partial charge in [0.25, 0.3) is 0 Å². The summed E-state index contributed by atoms with van der Waals surface area (Å²) in [5.74, 6) is 0.676. The Labute approximate surface area is 129 Å². The zero-order valence-electron chi connectivity index (χ0n) is 12.4. The van der Waals surface area contributed by atoms with Gasteiger partial charge in [0.15, 0.2) is 0 Å². The van der Waals surface area contributed by atoms with E-state index < -0.39 is 0 Å². The number of amides is 1. The maximum atomic E-state index is 11.7. The fourth-order valence-corrected chi connectivity index (χ4v) is 3.15. The lowest BCUT2D eigenvalue weighted by atomic mass is 9.76. The highest BCUT2D eigenvalue weighted by molar-refractivity contribution is 9.10. The molecule has 1 aromatic carbocycles. The van der Waals surface area contributed by atoms with Crippen LogP contribution in [0.25, 0.3) is 0 Å². The van der Waals surface area contributed by atoms with Crippen LogP contribution in [0.5, 0.6) is 0 Å².